The number of piperidine rings is 2. The molecule has 0 aliphatic carbocycles. The fourth-order valence-electron chi connectivity index (χ4n) is 5.40. The van der Waals surface area contributed by atoms with Crippen molar-refractivity contribution in [2.24, 2.45) is 11.3 Å². The number of nitrogens with zero attached hydrogens (tertiary/aromatic N) is 2. The summed E-state index contributed by atoms with van der Waals surface area (Å²) in [5.74, 6) is 0.367. The minimum absolute atomic E-state index is 0.0224. The van der Waals surface area contributed by atoms with Crippen LogP contribution in [0.25, 0.3) is 0 Å². The molecule has 2 atom stereocenters. The van der Waals surface area contributed by atoms with Crippen molar-refractivity contribution in [3.63, 3.8) is 0 Å². The SMILES string of the molecule is CC1CCCN1C(=O)C(NC(=O)CN1CCC(F)(CC2CCNCC2)CC1)C(C)(C)C. The number of hydrogen-bond acceptors (Lipinski definition) is 4. The van der Waals surface area contributed by atoms with Gasteiger partial charge in [-0.3, -0.25) is 14.5 Å². The van der Waals surface area contributed by atoms with E-state index >= 15 is 4.39 Å². The quantitative estimate of drug-likeness (QED) is 0.669. The minimum atomic E-state index is -1.09. The predicted molar refractivity (Wildman–Crippen MR) is 122 cm³/mol. The molecule has 0 saturated carbocycles. The maximum atomic E-state index is 15.4. The zero-order chi connectivity index (χ0) is 22.6. The molecule has 3 aliphatic heterocycles. The number of carbonyl (C=O) groups is 2. The van der Waals surface area contributed by atoms with Crippen LogP contribution in [0.15, 0.2) is 0 Å². The van der Waals surface area contributed by atoms with Gasteiger partial charge in [0.2, 0.25) is 11.8 Å². The Morgan fingerprint density at radius 2 is 1.77 bits per heavy atom. The lowest BCUT2D eigenvalue weighted by atomic mass is 9.81. The molecular weight excluding hydrogens is 395 g/mol. The number of likely N-dealkylation sites (tertiary alicyclic amines) is 2. The van der Waals surface area contributed by atoms with Crippen LogP contribution < -0.4 is 10.6 Å². The Kier molecular flexibility index (Phi) is 8.00. The van der Waals surface area contributed by atoms with Gasteiger partial charge >= 0.3 is 0 Å². The van der Waals surface area contributed by atoms with Gasteiger partial charge in [0.15, 0.2) is 0 Å². The van der Waals surface area contributed by atoms with E-state index < -0.39 is 11.7 Å². The van der Waals surface area contributed by atoms with E-state index in [0.29, 0.717) is 38.3 Å². The van der Waals surface area contributed by atoms with E-state index in [-0.39, 0.29) is 29.8 Å². The molecule has 178 valence electrons. The first-order chi connectivity index (χ1) is 14.6. The lowest BCUT2D eigenvalue weighted by Gasteiger charge is -2.39. The third kappa shape index (κ3) is 6.64. The van der Waals surface area contributed by atoms with Gasteiger partial charge < -0.3 is 15.5 Å². The van der Waals surface area contributed by atoms with Gasteiger partial charge in [-0.1, -0.05) is 20.8 Å². The first-order valence-corrected chi connectivity index (χ1v) is 12.3. The zero-order valence-electron chi connectivity index (χ0n) is 20.0. The summed E-state index contributed by atoms with van der Waals surface area (Å²) in [7, 11) is 0. The van der Waals surface area contributed by atoms with E-state index in [9.17, 15) is 9.59 Å². The van der Waals surface area contributed by atoms with Gasteiger partial charge in [-0.25, -0.2) is 4.39 Å². The fourth-order valence-corrected chi connectivity index (χ4v) is 5.40. The van der Waals surface area contributed by atoms with Gasteiger partial charge in [0.25, 0.3) is 0 Å². The van der Waals surface area contributed by atoms with Crippen molar-refractivity contribution >= 4 is 11.8 Å². The van der Waals surface area contributed by atoms with Crippen LogP contribution >= 0.6 is 0 Å². The van der Waals surface area contributed by atoms with Crippen LogP contribution in [0.4, 0.5) is 4.39 Å². The van der Waals surface area contributed by atoms with E-state index in [0.717, 1.165) is 45.3 Å². The Balaban J connectivity index is 1.49. The Labute approximate surface area is 187 Å². The third-order valence-electron chi connectivity index (χ3n) is 7.49. The van der Waals surface area contributed by atoms with Crippen LogP contribution in [-0.4, -0.2) is 78.6 Å². The highest BCUT2D eigenvalue weighted by Gasteiger charge is 2.40. The second kappa shape index (κ2) is 10.2. The highest BCUT2D eigenvalue weighted by Crippen LogP contribution is 2.35. The van der Waals surface area contributed by atoms with E-state index in [1.165, 1.54) is 0 Å². The normalized spacial score (nSPS) is 26.6. The average Bonchev–Trinajstić information content (AvgIpc) is 3.13. The van der Waals surface area contributed by atoms with Crippen LogP contribution in [-0.2, 0) is 9.59 Å². The summed E-state index contributed by atoms with van der Waals surface area (Å²) in [6, 6.07) is -0.306. The number of halogens is 1. The molecule has 0 bridgehead atoms. The Morgan fingerprint density at radius 3 is 2.32 bits per heavy atom. The molecule has 0 aromatic carbocycles. The van der Waals surface area contributed by atoms with Crippen molar-refractivity contribution < 1.29 is 14.0 Å². The predicted octanol–water partition coefficient (Wildman–Crippen LogP) is 2.72. The van der Waals surface area contributed by atoms with Crippen LogP contribution in [0.1, 0.15) is 72.6 Å². The van der Waals surface area contributed by atoms with Gasteiger partial charge in [0.1, 0.15) is 11.7 Å². The second-order valence-electron chi connectivity index (χ2n) is 11.2. The summed E-state index contributed by atoms with van der Waals surface area (Å²) < 4.78 is 15.4. The Morgan fingerprint density at radius 1 is 1.13 bits per heavy atom. The first-order valence-electron chi connectivity index (χ1n) is 12.3. The number of nitrogens with one attached hydrogen (secondary N) is 2. The number of alkyl halides is 1. The maximum Gasteiger partial charge on any atom is 0.245 e. The number of carbonyl (C=O) groups excluding carboxylic acids is 2. The largest absolute Gasteiger partial charge is 0.343 e. The standard InChI is InChI=1S/C24H43FN4O2/c1-18-6-5-13-29(18)22(31)21(23(2,3)4)27-20(30)17-28-14-9-24(25,10-15-28)16-19-7-11-26-12-8-19/h18-19,21,26H,5-17H2,1-4H3,(H,27,30). The van der Waals surface area contributed by atoms with Gasteiger partial charge in [-0.15, -0.1) is 0 Å². The fraction of sp³-hybridized carbons (Fsp3) is 0.917. The molecule has 31 heavy (non-hydrogen) atoms. The molecule has 0 spiro atoms. The second-order valence-corrected chi connectivity index (χ2v) is 11.2. The van der Waals surface area contributed by atoms with E-state index in [1.807, 2.05) is 30.6 Å². The molecule has 6 nitrogen and oxygen atoms in total. The van der Waals surface area contributed by atoms with Crippen LogP contribution in [0.3, 0.4) is 0 Å². The van der Waals surface area contributed by atoms with Crippen molar-refractivity contribution in [3.8, 4) is 0 Å². The van der Waals surface area contributed by atoms with E-state index in [1.54, 1.807) is 0 Å². The van der Waals surface area contributed by atoms with Crippen LogP contribution in [0, 0.1) is 11.3 Å². The molecule has 3 heterocycles. The summed E-state index contributed by atoms with van der Waals surface area (Å²) in [6.07, 6.45) is 5.82. The van der Waals surface area contributed by atoms with E-state index in [4.69, 9.17) is 0 Å². The van der Waals surface area contributed by atoms with Gasteiger partial charge in [0.05, 0.1) is 6.54 Å². The van der Waals surface area contributed by atoms with Crippen molar-refractivity contribution in [3.05, 3.63) is 0 Å². The minimum Gasteiger partial charge on any atom is -0.343 e. The molecular formula is C24H43FN4O2. The highest BCUT2D eigenvalue weighted by atomic mass is 19.1. The van der Waals surface area contributed by atoms with E-state index in [2.05, 4.69) is 17.6 Å². The van der Waals surface area contributed by atoms with Gasteiger partial charge in [-0.2, -0.15) is 0 Å². The smallest absolute Gasteiger partial charge is 0.245 e. The number of rotatable bonds is 6. The zero-order valence-corrected chi connectivity index (χ0v) is 20.0. The van der Waals surface area contributed by atoms with Gasteiger partial charge in [0, 0.05) is 25.7 Å². The van der Waals surface area contributed by atoms with Crippen molar-refractivity contribution in [1.29, 1.82) is 0 Å². The first kappa shape index (κ1) is 24.4. The summed E-state index contributed by atoms with van der Waals surface area (Å²) in [6.45, 7) is 12.3. The molecule has 2 N–H and O–H groups in total. The highest BCUT2D eigenvalue weighted by molar-refractivity contribution is 5.89. The molecule has 0 radical (unpaired) electrons. The molecule has 3 saturated heterocycles. The topological polar surface area (TPSA) is 64.7 Å². The lowest BCUT2D eigenvalue weighted by Crippen LogP contribution is -2.57. The summed E-state index contributed by atoms with van der Waals surface area (Å²) in [4.78, 5) is 29.9. The lowest BCUT2D eigenvalue weighted by molar-refractivity contribution is -0.140. The van der Waals surface area contributed by atoms with Crippen molar-refractivity contribution in [2.75, 3.05) is 39.3 Å². The van der Waals surface area contributed by atoms with Crippen molar-refractivity contribution in [2.45, 2.75) is 90.4 Å². The summed E-state index contributed by atoms with van der Waals surface area (Å²) in [5, 5.41) is 6.36. The molecule has 7 heteroatoms. The average molecular weight is 439 g/mol. The summed E-state index contributed by atoms with van der Waals surface area (Å²) in [5.41, 5.74) is -1.45. The van der Waals surface area contributed by atoms with Crippen LogP contribution in [0.5, 0.6) is 0 Å². The molecule has 0 aromatic heterocycles. The molecule has 3 aliphatic rings. The molecule has 2 unspecified atom stereocenters. The molecule has 2 amide bonds. The third-order valence-corrected chi connectivity index (χ3v) is 7.49. The number of hydrogen-bond donors (Lipinski definition) is 2. The summed E-state index contributed by atoms with van der Waals surface area (Å²) >= 11 is 0. The Bertz CT molecular complexity index is 622. The monoisotopic (exact) mass is 438 g/mol. The number of amides is 2. The molecule has 3 rings (SSSR count). The Hall–Kier alpha value is -1.21. The van der Waals surface area contributed by atoms with Crippen LogP contribution in [0.2, 0.25) is 0 Å². The maximum absolute atomic E-state index is 15.4. The molecule has 3 fully saturated rings. The molecule has 0 aromatic rings. The van der Waals surface area contributed by atoms with Crippen molar-refractivity contribution in [1.82, 2.24) is 20.4 Å². The van der Waals surface area contributed by atoms with Gasteiger partial charge in [-0.05, 0) is 76.3 Å².